The standard InChI is InChI=1S/C9H14O3/c1-9-3-2-7(6(10)4-9)12-8(11)5-9/h6-7,10H,2-5H2,1H3/t6-,7+,9-/m0/s1. The molecule has 3 fully saturated rings. The zero-order valence-corrected chi connectivity index (χ0v) is 7.25. The molecule has 0 unspecified atom stereocenters. The Bertz CT molecular complexity index is 214. The highest BCUT2D eigenvalue weighted by atomic mass is 16.6. The minimum Gasteiger partial charge on any atom is -0.460 e. The van der Waals surface area contributed by atoms with Crippen molar-refractivity contribution in [2.45, 2.75) is 44.8 Å². The highest BCUT2D eigenvalue weighted by Crippen LogP contribution is 2.43. The van der Waals surface area contributed by atoms with Crippen molar-refractivity contribution in [1.82, 2.24) is 0 Å². The van der Waals surface area contributed by atoms with Crippen LogP contribution in [0.4, 0.5) is 0 Å². The topological polar surface area (TPSA) is 46.5 Å². The highest BCUT2D eigenvalue weighted by molar-refractivity contribution is 5.71. The maximum atomic E-state index is 11.2. The molecule has 2 aliphatic heterocycles. The van der Waals surface area contributed by atoms with Gasteiger partial charge in [-0.2, -0.15) is 0 Å². The second kappa shape index (κ2) is 2.46. The van der Waals surface area contributed by atoms with E-state index in [0.717, 1.165) is 12.8 Å². The zero-order valence-electron chi connectivity index (χ0n) is 7.25. The van der Waals surface area contributed by atoms with Gasteiger partial charge in [-0.25, -0.2) is 0 Å². The van der Waals surface area contributed by atoms with Crippen molar-refractivity contribution in [3.05, 3.63) is 0 Å². The molecule has 0 aromatic heterocycles. The van der Waals surface area contributed by atoms with E-state index in [1.807, 2.05) is 0 Å². The van der Waals surface area contributed by atoms with E-state index in [1.54, 1.807) is 0 Å². The van der Waals surface area contributed by atoms with E-state index >= 15 is 0 Å². The molecule has 0 aromatic rings. The third kappa shape index (κ3) is 1.22. The van der Waals surface area contributed by atoms with Crippen LogP contribution in [-0.4, -0.2) is 23.3 Å². The van der Waals surface area contributed by atoms with Gasteiger partial charge in [-0.05, 0) is 24.7 Å². The van der Waals surface area contributed by atoms with Gasteiger partial charge in [-0.3, -0.25) is 4.79 Å². The normalized spacial score (nSPS) is 47.0. The van der Waals surface area contributed by atoms with Crippen molar-refractivity contribution >= 4 is 5.97 Å². The molecule has 0 aromatic carbocycles. The number of hydrogen-bond acceptors (Lipinski definition) is 3. The fraction of sp³-hybridized carbons (Fsp3) is 0.889. The lowest BCUT2D eigenvalue weighted by molar-refractivity contribution is -0.151. The van der Waals surface area contributed by atoms with Crippen molar-refractivity contribution in [1.29, 1.82) is 0 Å². The molecule has 3 nitrogen and oxygen atoms in total. The van der Waals surface area contributed by atoms with Crippen LogP contribution in [0, 0.1) is 5.41 Å². The Morgan fingerprint density at radius 2 is 2.42 bits per heavy atom. The number of fused-ring (bicyclic) bond motifs is 4. The summed E-state index contributed by atoms with van der Waals surface area (Å²) in [6.07, 6.45) is 2.34. The Morgan fingerprint density at radius 1 is 1.67 bits per heavy atom. The van der Waals surface area contributed by atoms with E-state index < -0.39 is 6.10 Å². The van der Waals surface area contributed by atoms with Crippen LogP contribution < -0.4 is 0 Å². The predicted molar refractivity (Wildman–Crippen MR) is 42.5 cm³/mol. The first kappa shape index (κ1) is 8.05. The zero-order chi connectivity index (χ0) is 8.77. The summed E-state index contributed by atoms with van der Waals surface area (Å²) >= 11 is 0. The molecule has 2 heterocycles. The van der Waals surface area contributed by atoms with Crippen molar-refractivity contribution in [3.8, 4) is 0 Å². The van der Waals surface area contributed by atoms with Gasteiger partial charge in [0.1, 0.15) is 6.10 Å². The van der Waals surface area contributed by atoms with Crippen LogP contribution in [0.15, 0.2) is 0 Å². The van der Waals surface area contributed by atoms with Crippen molar-refractivity contribution in [3.63, 3.8) is 0 Å². The first-order chi connectivity index (χ1) is 5.59. The first-order valence-electron chi connectivity index (χ1n) is 4.47. The molecule has 1 saturated carbocycles. The van der Waals surface area contributed by atoms with Gasteiger partial charge in [0.15, 0.2) is 0 Å². The average molecular weight is 170 g/mol. The molecule has 2 bridgehead atoms. The summed E-state index contributed by atoms with van der Waals surface area (Å²) in [5, 5.41) is 9.59. The van der Waals surface area contributed by atoms with E-state index in [-0.39, 0.29) is 17.5 Å². The molecule has 12 heavy (non-hydrogen) atoms. The van der Waals surface area contributed by atoms with Crippen LogP contribution >= 0.6 is 0 Å². The van der Waals surface area contributed by atoms with Gasteiger partial charge in [-0.15, -0.1) is 0 Å². The average Bonchev–Trinajstić information content (AvgIpc) is 2.12. The molecule has 3 heteroatoms. The van der Waals surface area contributed by atoms with E-state index in [9.17, 15) is 9.90 Å². The SMILES string of the molecule is C[C@@]12CC[C@@H](OC(=O)C1)[C@@H](O)C2. The highest BCUT2D eigenvalue weighted by Gasteiger charge is 2.43. The minimum absolute atomic E-state index is 0.0104. The van der Waals surface area contributed by atoms with Gasteiger partial charge in [0, 0.05) is 0 Å². The van der Waals surface area contributed by atoms with Crippen molar-refractivity contribution in [2.75, 3.05) is 0 Å². The number of rotatable bonds is 0. The number of ether oxygens (including phenoxy) is 1. The lowest BCUT2D eigenvalue weighted by Gasteiger charge is -2.34. The molecule has 3 aliphatic rings. The summed E-state index contributed by atoms with van der Waals surface area (Å²) in [5.74, 6) is -0.142. The molecule has 3 rings (SSSR count). The molecule has 68 valence electrons. The summed E-state index contributed by atoms with van der Waals surface area (Å²) in [7, 11) is 0. The fourth-order valence-electron chi connectivity index (χ4n) is 2.28. The lowest BCUT2D eigenvalue weighted by atomic mass is 9.72. The molecular formula is C9H14O3. The number of carbonyl (C=O) groups excluding carboxylic acids is 1. The van der Waals surface area contributed by atoms with Gasteiger partial charge < -0.3 is 9.84 Å². The van der Waals surface area contributed by atoms with E-state index in [0.29, 0.717) is 12.8 Å². The second-order valence-electron chi connectivity index (χ2n) is 4.33. The Hall–Kier alpha value is -0.570. The summed E-state index contributed by atoms with van der Waals surface area (Å²) < 4.78 is 5.09. The fourth-order valence-corrected chi connectivity index (χ4v) is 2.28. The van der Waals surface area contributed by atoms with Gasteiger partial charge in [0.25, 0.3) is 0 Å². The molecule has 1 aliphatic carbocycles. The third-order valence-electron chi connectivity index (χ3n) is 3.02. The lowest BCUT2D eigenvalue weighted by Crippen LogP contribution is -2.36. The Balaban J connectivity index is 2.25. The number of aliphatic hydroxyl groups is 1. The number of carbonyl (C=O) groups is 1. The molecule has 1 N–H and O–H groups in total. The molecule has 0 amide bonds. The number of hydrogen-bond donors (Lipinski definition) is 1. The smallest absolute Gasteiger partial charge is 0.306 e. The maximum absolute atomic E-state index is 11.2. The van der Waals surface area contributed by atoms with Gasteiger partial charge >= 0.3 is 5.97 Å². The molecule has 0 radical (unpaired) electrons. The van der Waals surface area contributed by atoms with Gasteiger partial charge in [0.2, 0.25) is 0 Å². The van der Waals surface area contributed by atoms with Crippen LogP contribution in [-0.2, 0) is 9.53 Å². The maximum Gasteiger partial charge on any atom is 0.306 e. The largest absolute Gasteiger partial charge is 0.460 e. The Kier molecular flexibility index (Phi) is 1.65. The predicted octanol–water partition coefficient (Wildman–Crippen LogP) is 0.853. The van der Waals surface area contributed by atoms with E-state index in [2.05, 4.69) is 6.92 Å². The quantitative estimate of drug-likeness (QED) is 0.548. The van der Waals surface area contributed by atoms with E-state index in [4.69, 9.17) is 4.74 Å². The van der Waals surface area contributed by atoms with Gasteiger partial charge in [0.05, 0.1) is 12.5 Å². The summed E-state index contributed by atoms with van der Waals surface area (Å²) in [5.41, 5.74) is -0.0104. The van der Waals surface area contributed by atoms with Crippen molar-refractivity contribution in [2.24, 2.45) is 5.41 Å². The molecule has 0 spiro atoms. The minimum atomic E-state index is -0.435. The van der Waals surface area contributed by atoms with Crippen molar-refractivity contribution < 1.29 is 14.6 Å². The van der Waals surface area contributed by atoms with Crippen LogP contribution in [0.1, 0.15) is 32.6 Å². The molecular weight excluding hydrogens is 156 g/mol. The van der Waals surface area contributed by atoms with E-state index in [1.165, 1.54) is 0 Å². The molecule has 3 atom stereocenters. The van der Waals surface area contributed by atoms with Crippen LogP contribution in [0.25, 0.3) is 0 Å². The monoisotopic (exact) mass is 170 g/mol. The first-order valence-corrected chi connectivity index (χ1v) is 4.47. The summed E-state index contributed by atoms with van der Waals surface area (Å²) in [6, 6.07) is 0. The van der Waals surface area contributed by atoms with Crippen LogP contribution in [0.3, 0.4) is 0 Å². The van der Waals surface area contributed by atoms with Gasteiger partial charge in [-0.1, -0.05) is 6.92 Å². The van der Waals surface area contributed by atoms with Crippen LogP contribution in [0.5, 0.6) is 0 Å². The second-order valence-corrected chi connectivity index (χ2v) is 4.33. The third-order valence-corrected chi connectivity index (χ3v) is 3.02. The molecule has 2 saturated heterocycles. The Labute approximate surface area is 71.7 Å². The Morgan fingerprint density at radius 3 is 3.08 bits per heavy atom. The van der Waals surface area contributed by atoms with Crippen LogP contribution in [0.2, 0.25) is 0 Å². The summed E-state index contributed by atoms with van der Waals surface area (Å²) in [6.45, 7) is 2.05. The number of aliphatic hydroxyl groups excluding tert-OH is 1. The number of esters is 1. The summed E-state index contributed by atoms with van der Waals surface area (Å²) in [4.78, 5) is 11.2.